The minimum Gasteiger partial charge on any atom is -0.506 e. The number of carbonyl (C=O) groups excluding carboxylic acids is 1. The van der Waals surface area contributed by atoms with Crippen molar-refractivity contribution in [1.29, 1.82) is 0 Å². The maximum atomic E-state index is 13.6. The third-order valence-corrected chi connectivity index (χ3v) is 2.90. The molecule has 0 aliphatic rings. The predicted octanol–water partition coefficient (Wildman–Crippen LogP) is 3.42. The Morgan fingerprint density at radius 3 is 2.38 bits per heavy atom. The van der Waals surface area contributed by atoms with Gasteiger partial charge in [0.2, 0.25) is 5.82 Å². The first-order chi connectivity index (χ1) is 9.81. The smallest absolute Gasteiger partial charge is 0.258 e. The van der Waals surface area contributed by atoms with Crippen LogP contribution in [0.1, 0.15) is 10.4 Å². The van der Waals surface area contributed by atoms with Crippen LogP contribution in [0.15, 0.2) is 24.3 Å². The van der Waals surface area contributed by atoms with Crippen molar-refractivity contribution in [3.05, 3.63) is 52.3 Å². The highest BCUT2D eigenvalue weighted by atomic mass is 35.5. The zero-order valence-corrected chi connectivity index (χ0v) is 10.9. The summed E-state index contributed by atoms with van der Waals surface area (Å²) in [6.45, 7) is 0. The van der Waals surface area contributed by atoms with Crippen LogP contribution in [0.3, 0.4) is 0 Å². The Balaban J connectivity index is 2.35. The van der Waals surface area contributed by atoms with Crippen molar-refractivity contribution < 1.29 is 28.2 Å². The van der Waals surface area contributed by atoms with Gasteiger partial charge in [0.1, 0.15) is 5.75 Å². The minimum absolute atomic E-state index is 0.0321. The number of phenols is 2. The number of phenolic OH excluding ortho intramolecular Hbond substituents is 2. The summed E-state index contributed by atoms with van der Waals surface area (Å²) in [6, 6.07) is 3.97. The summed E-state index contributed by atoms with van der Waals surface area (Å²) in [4.78, 5) is 11.8. The van der Waals surface area contributed by atoms with Gasteiger partial charge in [-0.3, -0.25) is 4.79 Å². The molecule has 2 aromatic rings. The fourth-order valence-corrected chi connectivity index (χ4v) is 1.66. The lowest BCUT2D eigenvalue weighted by atomic mass is 10.1. The van der Waals surface area contributed by atoms with Gasteiger partial charge in [-0.25, -0.2) is 8.78 Å². The van der Waals surface area contributed by atoms with Crippen LogP contribution in [0.2, 0.25) is 5.02 Å². The molecule has 0 aliphatic heterocycles. The Morgan fingerprint density at radius 1 is 1.10 bits per heavy atom. The zero-order valence-electron chi connectivity index (χ0n) is 10.1. The Hall–Kier alpha value is -2.41. The van der Waals surface area contributed by atoms with E-state index in [1.165, 1.54) is 12.1 Å². The fourth-order valence-electron chi connectivity index (χ4n) is 1.54. The molecule has 110 valence electrons. The number of halogens is 4. The monoisotopic (exact) mass is 317 g/mol. The Labute approximate surface area is 121 Å². The van der Waals surface area contributed by atoms with Gasteiger partial charge in [-0.1, -0.05) is 11.6 Å². The molecular weight excluding hydrogens is 311 g/mol. The molecule has 0 unspecified atom stereocenters. The normalized spacial score (nSPS) is 10.5. The van der Waals surface area contributed by atoms with E-state index in [2.05, 4.69) is 5.32 Å². The third-order valence-electron chi connectivity index (χ3n) is 2.58. The van der Waals surface area contributed by atoms with Crippen LogP contribution in [0.25, 0.3) is 0 Å². The van der Waals surface area contributed by atoms with Crippen LogP contribution in [-0.4, -0.2) is 16.1 Å². The molecule has 0 bridgehead atoms. The summed E-state index contributed by atoms with van der Waals surface area (Å²) in [5, 5.41) is 20.6. The number of hydrogen-bond acceptors (Lipinski definition) is 3. The van der Waals surface area contributed by atoms with Gasteiger partial charge in [-0.05, 0) is 18.2 Å². The zero-order chi connectivity index (χ0) is 15.7. The Kier molecular flexibility index (Phi) is 3.95. The third kappa shape index (κ3) is 2.87. The molecule has 0 aliphatic carbocycles. The molecule has 0 radical (unpaired) electrons. The SMILES string of the molecule is O=C(Nc1ccc(Cl)c(O)c1)c1cc(F)c(F)c(O)c1F. The highest BCUT2D eigenvalue weighted by Crippen LogP contribution is 2.28. The Morgan fingerprint density at radius 2 is 1.76 bits per heavy atom. The number of benzene rings is 2. The van der Waals surface area contributed by atoms with Crippen LogP contribution in [0.5, 0.6) is 11.5 Å². The van der Waals surface area contributed by atoms with E-state index in [1.807, 2.05) is 0 Å². The van der Waals surface area contributed by atoms with Crippen molar-refractivity contribution in [3.8, 4) is 11.5 Å². The molecule has 21 heavy (non-hydrogen) atoms. The van der Waals surface area contributed by atoms with Crippen molar-refractivity contribution in [2.45, 2.75) is 0 Å². The van der Waals surface area contributed by atoms with Gasteiger partial charge >= 0.3 is 0 Å². The first-order valence-electron chi connectivity index (χ1n) is 5.47. The van der Waals surface area contributed by atoms with Crippen LogP contribution in [0.4, 0.5) is 18.9 Å². The topological polar surface area (TPSA) is 69.6 Å². The number of amides is 1. The largest absolute Gasteiger partial charge is 0.506 e. The van der Waals surface area contributed by atoms with Gasteiger partial charge in [0, 0.05) is 11.8 Å². The number of nitrogens with one attached hydrogen (secondary N) is 1. The van der Waals surface area contributed by atoms with E-state index in [0.717, 1.165) is 6.07 Å². The molecule has 0 spiro atoms. The van der Waals surface area contributed by atoms with Gasteiger partial charge in [0.05, 0.1) is 10.6 Å². The first-order valence-corrected chi connectivity index (χ1v) is 5.85. The van der Waals surface area contributed by atoms with Crippen molar-refractivity contribution in [3.63, 3.8) is 0 Å². The van der Waals surface area contributed by atoms with Crippen LogP contribution >= 0.6 is 11.6 Å². The molecule has 0 atom stereocenters. The molecule has 0 saturated carbocycles. The van der Waals surface area contributed by atoms with E-state index in [-0.39, 0.29) is 16.5 Å². The average Bonchev–Trinajstić information content (AvgIpc) is 2.44. The lowest BCUT2D eigenvalue weighted by molar-refractivity contribution is 0.102. The molecule has 0 heterocycles. The van der Waals surface area contributed by atoms with E-state index in [1.54, 1.807) is 0 Å². The predicted molar refractivity (Wildman–Crippen MR) is 69.1 cm³/mol. The van der Waals surface area contributed by atoms with Crippen molar-refractivity contribution in [2.75, 3.05) is 5.32 Å². The van der Waals surface area contributed by atoms with E-state index < -0.39 is 34.7 Å². The maximum Gasteiger partial charge on any atom is 0.258 e. The lowest BCUT2D eigenvalue weighted by Crippen LogP contribution is -2.15. The summed E-state index contributed by atoms with van der Waals surface area (Å²) in [6.07, 6.45) is 0. The van der Waals surface area contributed by atoms with Gasteiger partial charge in [0.15, 0.2) is 17.4 Å². The summed E-state index contributed by atoms with van der Waals surface area (Å²) in [7, 11) is 0. The molecule has 2 aromatic carbocycles. The fraction of sp³-hybridized carbons (Fsp3) is 0. The van der Waals surface area contributed by atoms with Gasteiger partial charge in [-0.2, -0.15) is 4.39 Å². The van der Waals surface area contributed by atoms with Crippen molar-refractivity contribution >= 4 is 23.2 Å². The quantitative estimate of drug-likeness (QED) is 0.743. The highest BCUT2D eigenvalue weighted by Gasteiger charge is 2.22. The highest BCUT2D eigenvalue weighted by molar-refractivity contribution is 6.32. The average molecular weight is 318 g/mol. The van der Waals surface area contributed by atoms with Crippen molar-refractivity contribution in [2.24, 2.45) is 0 Å². The van der Waals surface area contributed by atoms with E-state index >= 15 is 0 Å². The minimum atomic E-state index is -1.78. The van der Waals surface area contributed by atoms with E-state index in [4.69, 9.17) is 16.7 Å². The first kappa shape index (κ1) is 15.0. The molecule has 2 rings (SSSR count). The Bertz CT molecular complexity index is 737. The number of carbonyl (C=O) groups is 1. The molecule has 0 aromatic heterocycles. The molecular formula is C13H7ClF3NO3. The summed E-state index contributed by atoms with van der Waals surface area (Å²) < 4.78 is 39.6. The molecule has 1 amide bonds. The lowest BCUT2D eigenvalue weighted by Gasteiger charge is -2.09. The number of aromatic hydroxyl groups is 2. The van der Waals surface area contributed by atoms with Crippen LogP contribution in [0, 0.1) is 17.5 Å². The number of hydrogen-bond donors (Lipinski definition) is 3. The summed E-state index contributed by atoms with van der Waals surface area (Å²) in [5.74, 6) is -8.00. The molecule has 3 N–H and O–H groups in total. The summed E-state index contributed by atoms with van der Waals surface area (Å²) in [5.41, 5.74) is -0.841. The standard InChI is InChI=1S/C13H7ClF3NO3/c14-7-2-1-5(3-9(7)19)18-13(21)6-4-8(15)11(17)12(20)10(6)16/h1-4,19-20H,(H,18,21). The van der Waals surface area contributed by atoms with Gasteiger partial charge in [0.25, 0.3) is 5.91 Å². The number of rotatable bonds is 2. The molecule has 0 fully saturated rings. The number of anilines is 1. The maximum absolute atomic E-state index is 13.6. The molecule has 0 saturated heterocycles. The summed E-state index contributed by atoms with van der Waals surface area (Å²) >= 11 is 5.57. The van der Waals surface area contributed by atoms with Crippen molar-refractivity contribution in [1.82, 2.24) is 0 Å². The van der Waals surface area contributed by atoms with E-state index in [9.17, 15) is 23.1 Å². The van der Waals surface area contributed by atoms with Gasteiger partial charge < -0.3 is 15.5 Å². The van der Waals surface area contributed by atoms with Crippen LogP contribution < -0.4 is 5.32 Å². The van der Waals surface area contributed by atoms with E-state index in [0.29, 0.717) is 6.07 Å². The second kappa shape index (κ2) is 5.53. The molecule has 8 heteroatoms. The van der Waals surface area contributed by atoms with Gasteiger partial charge in [-0.15, -0.1) is 0 Å². The van der Waals surface area contributed by atoms with Crippen LogP contribution in [-0.2, 0) is 0 Å². The second-order valence-electron chi connectivity index (χ2n) is 4.00. The second-order valence-corrected chi connectivity index (χ2v) is 4.41. The molecule has 4 nitrogen and oxygen atoms in total.